The lowest BCUT2D eigenvalue weighted by molar-refractivity contribution is -0.146. The Morgan fingerprint density at radius 2 is 2.21 bits per heavy atom. The molecule has 0 aromatic carbocycles. The highest BCUT2D eigenvalue weighted by Gasteiger charge is 2.41. The van der Waals surface area contributed by atoms with E-state index in [4.69, 9.17) is 10.4 Å². The van der Waals surface area contributed by atoms with E-state index in [9.17, 15) is 4.79 Å². The second-order valence-corrected chi connectivity index (χ2v) is 3.98. The standard InChI is InChI=1S/C10H16N2O2/c1-2-8-3-5-10(6-4-8,9(13)14)12-7-11/h8,12H,2-6H2,1H3,(H,13,14). The van der Waals surface area contributed by atoms with Crippen molar-refractivity contribution in [2.75, 3.05) is 0 Å². The van der Waals surface area contributed by atoms with E-state index in [2.05, 4.69) is 12.2 Å². The number of hydrogen-bond acceptors (Lipinski definition) is 3. The lowest BCUT2D eigenvalue weighted by atomic mass is 9.76. The third-order valence-electron chi connectivity index (χ3n) is 3.24. The average Bonchev–Trinajstić information content (AvgIpc) is 2.19. The normalized spacial score (nSPS) is 31.9. The van der Waals surface area contributed by atoms with Gasteiger partial charge >= 0.3 is 5.97 Å². The smallest absolute Gasteiger partial charge is 0.330 e. The van der Waals surface area contributed by atoms with Crippen molar-refractivity contribution in [2.45, 2.75) is 44.6 Å². The number of nitrogens with one attached hydrogen (secondary N) is 1. The van der Waals surface area contributed by atoms with Crippen molar-refractivity contribution in [3.63, 3.8) is 0 Å². The van der Waals surface area contributed by atoms with Crippen LogP contribution >= 0.6 is 0 Å². The van der Waals surface area contributed by atoms with Crippen LogP contribution in [0.15, 0.2) is 0 Å². The lowest BCUT2D eigenvalue weighted by Crippen LogP contribution is -2.52. The summed E-state index contributed by atoms with van der Waals surface area (Å²) in [6, 6.07) is 0. The molecule has 0 radical (unpaired) electrons. The van der Waals surface area contributed by atoms with Gasteiger partial charge in [-0.1, -0.05) is 13.3 Å². The fourth-order valence-electron chi connectivity index (χ4n) is 2.08. The van der Waals surface area contributed by atoms with Crippen LogP contribution in [-0.4, -0.2) is 16.6 Å². The molecule has 2 N–H and O–H groups in total. The second kappa shape index (κ2) is 4.32. The van der Waals surface area contributed by atoms with Crippen molar-refractivity contribution in [3.8, 4) is 6.19 Å². The number of nitriles is 1. The van der Waals surface area contributed by atoms with Gasteiger partial charge in [0, 0.05) is 0 Å². The maximum absolute atomic E-state index is 11.0. The first-order chi connectivity index (χ1) is 6.64. The number of carboxylic acid groups (broad SMARTS) is 1. The molecule has 4 nitrogen and oxygen atoms in total. The molecule has 1 rings (SSSR count). The molecular formula is C10H16N2O2. The Labute approximate surface area is 83.9 Å². The summed E-state index contributed by atoms with van der Waals surface area (Å²) in [5, 5.41) is 20.0. The van der Waals surface area contributed by atoms with Crippen LogP contribution in [0, 0.1) is 17.4 Å². The number of rotatable bonds is 3. The highest BCUT2D eigenvalue weighted by molar-refractivity contribution is 5.79. The van der Waals surface area contributed by atoms with E-state index in [1.807, 2.05) is 0 Å². The zero-order chi connectivity index (χ0) is 10.6. The van der Waals surface area contributed by atoms with Gasteiger partial charge in [0.2, 0.25) is 0 Å². The molecule has 4 heteroatoms. The summed E-state index contributed by atoms with van der Waals surface area (Å²) in [5.74, 6) is -0.267. The molecule has 1 saturated carbocycles. The van der Waals surface area contributed by atoms with Crippen LogP contribution in [0.2, 0.25) is 0 Å². The molecule has 0 atom stereocenters. The van der Waals surface area contributed by atoms with E-state index >= 15 is 0 Å². The van der Waals surface area contributed by atoms with Crippen molar-refractivity contribution >= 4 is 5.97 Å². The van der Waals surface area contributed by atoms with Gasteiger partial charge in [-0.3, -0.25) is 0 Å². The number of carbonyl (C=O) groups is 1. The fourth-order valence-corrected chi connectivity index (χ4v) is 2.08. The predicted molar refractivity (Wildman–Crippen MR) is 51.4 cm³/mol. The van der Waals surface area contributed by atoms with Gasteiger partial charge in [0.1, 0.15) is 5.54 Å². The van der Waals surface area contributed by atoms with Crippen LogP contribution in [0.25, 0.3) is 0 Å². The molecule has 0 bridgehead atoms. The largest absolute Gasteiger partial charge is 0.479 e. The number of aliphatic carboxylic acids is 1. The van der Waals surface area contributed by atoms with E-state index in [-0.39, 0.29) is 0 Å². The average molecular weight is 196 g/mol. The summed E-state index contributed by atoms with van der Waals surface area (Å²) >= 11 is 0. The topological polar surface area (TPSA) is 73.1 Å². The highest BCUT2D eigenvalue weighted by atomic mass is 16.4. The van der Waals surface area contributed by atoms with Gasteiger partial charge in [-0.15, -0.1) is 0 Å². The molecule has 0 aromatic heterocycles. The van der Waals surface area contributed by atoms with Crippen molar-refractivity contribution < 1.29 is 9.90 Å². The van der Waals surface area contributed by atoms with E-state index in [1.165, 1.54) is 0 Å². The minimum atomic E-state index is -0.986. The van der Waals surface area contributed by atoms with Crippen molar-refractivity contribution in [1.82, 2.24) is 5.32 Å². The summed E-state index contributed by atoms with van der Waals surface area (Å²) < 4.78 is 0. The maximum Gasteiger partial charge on any atom is 0.330 e. The zero-order valence-electron chi connectivity index (χ0n) is 8.42. The van der Waals surface area contributed by atoms with E-state index in [1.54, 1.807) is 6.19 Å². The Morgan fingerprint density at radius 1 is 1.64 bits per heavy atom. The molecule has 0 aliphatic heterocycles. The third kappa shape index (κ3) is 1.98. The van der Waals surface area contributed by atoms with Crippen molar-refractivity contribution in [3.05, 3.63) is 0 Å². The third-order valence-corrected chi connectivity index (χ3v) is 3.24. The first-order valence-corrected chi connectivity index (χ1v) is 5.04. The zero-order valence-corrected chi connectivity index (χ0v) is 8.42. The van der Waals surface area contributed by atoms with Gasteiger partial charge in [-0.25, -0.2) is 4.79 Å². The maximum atomic E-state index is 11.0. The quantitative estimate of drug-likeness (QED) is 0.529. The first kappa shape index (κ1) is 10.8. The Hall–Kier alpha value is -1.24. The number of nitrogens with zero attached hydrogens (tertiary/aromatic N) is 1. The van der Waals surface area contributed by atoms with E-state index in [0.29, 0.717) is 18.8 Å². The summed E-state index contributed by atoms with van der Waals surface area (Å²) in [6.45, 7) is 2.12. The van der Waals surface area contributed by atoms with Crippen LogP contribution in [0.4, 0.5) is 0 Å². The summed E-state index contributed by atoms with van der Waals surface area (Å²) in [5.41, 5.74) is -0.986. The molecule has 1 aliphatic carbocycles. The second-order valence-electron chi connectivity index (χ2n) is 3.98. The molecule has 0 unspecified atom stereocenters. The van der Waals surface area contributed by atoms with Crippen LogP contribution in [-0.2, 0) is 4.79 Å². The molecule has 0 saturated heterocycles. The van der Waals surface area contributed by atoms with Crippen molar-refractivity contribution in [2.24, 2.45) is 5.92 Å². The monoisotopic (exact) mass is 196 g/mol. The van der Waals surface area contributed by atoms with Gasteiger partial charge in [-0.2, -0.15) is 5.26 Å². The van der Waals surface area contributed by atoms with Gasteiger partial charge in [0.25, 0.3) is 0 Å². The summed E-state index contributed by atoms with van der Waals surface area (Å²) in [4.78, 5) is 11.0. The van der Waals surface area contributed by atoms with Crippen LogP contribution in [0.5, 0.6) is 0 Å². The Kier molecular flexibility index (Phi) is 3.34. The lowest BCUT2D eigenvalue weighted by Gasteiger charge is -2.35. The Morgan fingerprint density at radius 3 is 2.57 bits per heavy atom. The van der Waals surface area contributed by atoms with Gasteiger partial charge in [0.15, 0.2) is 6.19 Å². The fraction of sp³-hybridized carbons (Fsp3) is 0.800. The van der Waals surface area contributed by atoms with Crippen LogP contribution < -0.4 is 5.32 Å². The number of carboxylic acids is 1. The minimum Gasteiger partial charge on any atom is -0.479 e. The number of hydrogen-bond donors (Lipinski definition) is 2. The van der Waals surface area contributed by atoms with Crippen LogP contribution in [0.1, 0.15) is 39.0 Å². The molecule has 1 aliphatic rings. The Bertz CT molecular complexity index is 249. The van der Waals surface area contributed by atoms with Gasteiger partial charge in [0.05, 0.1) is 0 Å². The molecule has 14 heavy (non-hydrogen) atoms. The van der Waals surface area contributed by atoms with Crippen molar-refractivity contribution in [1.29, 1.82) is 5.26 Å². The predicted octanol–water partition coefficient (Wildman–Crippen LogP) is 1.48. The summed E-state index contributed by atoms with van der Waals surface area (Å²) in [6.07, 6.45) is 5.79. The molecule has 0 aromatic rings. The summed E-state index contributed by atoms with van der Waals surface area (Å²) in [7, 11) is 0. The molecule has 78 valence electrons. The Balaban J connectivity index is 2.65. The van der Waals surface area contributed by atoms with Gasteiger partial charge in [-0.05, 0) is 31.6 Å². The van der Waals surface area contributed by atoms with E-state index in [0.717, 1.165) is 19.3 Å². The van der Waals surface area contributed by atoms with Crippen LogP contribution in [0.3, 0.4) is 0 Å². The molecule has 0 heterocycles. The molecular weight excluding hydrogens is 180 g/mol. The van der Waals surface area contributed by atoms with Gasteiger partial charge < -0.3 is 10.4 Å². The first-order valence-electron chi connectivity index (χ1n) is 5.04. The minimum absolute atomic E-state index is 0.564. The SMILES string of the molecule is CCC1CCC(NC#N)(C(=O)O)CC1. The highest BCUT2D eigenvalue weighted by Crippen LogP contribution is 2.33. The van der Waals surface area contributed by atoms with E-state index < -0.39 is 11.5 Å². The molecule has 0 amide bonds. The molecule has 1 fully saturated rings. The molecule has 0 spiro atoms.